The van der Waals surface area contributed by atoms with E-state index in [2.05, 4.69) is 41.3 Å². The average Bonchev–Trinajstić information content (AvgIpc) is 2.69. The quantitative estimate of drug-likeness (QED) is 0.739. The maximum atomic E-state index is 3.90. The topological polar surface area (TPSA) is 46.0 Å². The van der Waals surface area contributed by atoms with E-state index in [0.29, 0.717) is 6.04 Å². The molecule has 1 N–H and O–H groups in total. The summed E-state index contributed by atoms with van der Waals surface area (Å²) in [7, 11) is 1.92. The molecule has 92 valence electrons. The highest BCUT2D eigenvalue weighted by atomic mass is 15.4. The van der Waals surface area contributed by atoms with Crippen LogP contribution in [0.2, 0.25) is 0 Å². The van der Waals surface area contributed by atoms with Crippen LogP contribution in [0.4, 0.5) is 0 Å². The number of hydrogen-bond acceptors (Lipinski definition) is 4. The number of hydrogen-bond donors (Lipinski definition) is 1. The van der Waals surface area contributed by atoms with Gasteiger partial charge in [-0.15, -0.1) is 5.10 Å². The van der Waals surface area contributed by atoms with Gasteiger partial charge in [-0.25, -0.2) is 0 Å². The summed E-state index contributed by atoms with van der Waals surface area (Å²) in [4.78, 5) is 2.42. The highest BCUT2D eigenvalue weighted by Gasteiger charge is 2.07. The van der Waals surface area contributed by atoms with Crippen LogP contribution in [0.5, 0.6) is 0 Å². The van der Waals surface area contributed by atoms with Gasteiger partial charge in [0.05, 0.1) is 11.9 Å². The molecular formula is C11H23N5. The van der Waals surface area contributed by atoms with Gasteiger partial charge in [0.2, 0.25) is 0 Å². The fourth-order valence-electron chi connectivity index (χ4n) is 1.68. The van der Waals surface area contributed by atoms with Gasteiger partial charge in [0, 0.05) is 26.2 Å². The minimum absolute atomic E-state index is 0.481. The molecule has 1 unspecified atom stereocenters. The molecule has 0 amide bonds. The summed E-state index contributed by atoms with van der Waals surface area (Å²) in [5.74, 6) is 0. The summed E-state index contributed by atoms with van der Waals surface area (Å²) in [6.45, 7) is 10.7. The Morgan fingerprint density at radius 2 is 2.12 bits per heavy atom. The Morgan fingerprint density at radius 3 is 2.62 bits per heavy atom. The number of likely N-dealkylation sites (N-methyl/N-ethyl adjacent to an activating group) is 1. The van der Waals surface area contributed by atoms with Crippen LogP contribution in [0, 0.1) is 0 Å². The van der Waals surface area contributed by atoms with Crippen molar-refractivity contribution in [3.8, 4) is 0 Å². The molecule has 1 aromatic rings. The molecule has 1 atom stereocenters. The van der Waals surface area contributed by atoms with Crippen LogP contribution >= 0.6 is 0 Å². The lowest BCUT2D eigenvalue weighted by molar-refractivity contribution is 0.270. The van der Waals surface area contributed by atoms with Crippen LogP contribution in [0.15, 0.2) is 6.20 Å². The van der Waals surface area contributed by atoms with Crippen LogP contribution in [0.1, 0.15) is 26.5 Å². The summed E-state index contributed by atoms with van der Waals surface area (Å²) in [5.41, 5.74) is 1.12. The molecule has 16 heavy (non-hydrogen) atoms. The van der Waals surface area contributed by atoms with Crippen molar-refractivity contribution < 1.29 is 0 Å². The summed E-state index contributed by atoms with van der Waals surface area (Å²) >= 11 is 0. The third-order valence-corrected chi connectivity index (χ3v) is 2.87. The van der Waals surface area contributed by atoms with Crippen molar-refractivity contribution in [2.45, 2.75) is 33.4 Å². The van der Waals surface area contributed by atoms with Crippen LogP contribution in [-0.4, -0.2) is 45.6 Å². The predicted octanol–water partition coefficient (Wildman–Crippen LogP) is 0.635. The molecular weight excluding hydrogens is 202 g/mol. The van der Waals surface area contributed by atoms with Crippen LogP contribution in [0.3, 0.4) is 0 Å². The van der Waals surface area contributed by atoms with Gasteiger partial charge in [0.25, 0.3) is 0 Å². The summed E-state index contributed by atoms with van der Waals surface area (Å²) in [6.07, 6.45) is 1.80. The number of aromatic nitrogens is 3. The van der Waals surface area contributed by atoms with E-state index in [1.165, 1.54) is 0 Å². The third-order valence-electron chi connectivity index (χ3n) is 2.87. The third kappa shape index (κ3) is 3.90. The maximum Gasteiger partial charge on any atom is 0.0738 e. The first-order valence-electron chi connectivity index (χ1n) is 5.96. The molecule has 5 nitrogen and oxygen atoms in total. The van der Waals surface area contributed by atoms with E-state index >= 15 is 0 Å². The van der Waals surface area contributed by atoms with Crippen LogP contribution in [-0.2, 0) is 13.6 Å². The van der Waals surface area contributed by atoms with Gasteiger partial charge in [-0.2, -0.15) is 0 Å². The van der Waals surface area contributed by atoms with Crippen molar-refractivity contribution in [3.05, 3.63) is 11.9 Å². The molecule has 1 heterocycles. The molecule has 1 rings (SSSR count). The molecule has 0 aliphatic rings. The molecule has 0 bridgehead atoms. The molecule has 0 fully saturated rings. The zero-order valence-corrected chi connectivity index (χ0v) is 10.8. The smallest absolute Gasteiger partial charge is 0.0738 e. The van der Waals surface area contributed by atoms with E-state index in [1.54, 1.807) is 10.9 Å². The molecule has 0 saturated heterocycles. The first-order chi connectivity index (χ1) is 7.67. The second-order valence-electron chi connectivity index (χ2n) is 4.12. The first kappa shape index (κ1) is 13.1. The Balaban J connectivity index is 2.30. The largest absolute Gasteiger partial charge is 0.307 e. The van der Waals surface area contributed by atoms with Crippen molar-refractivity contribution >= 4 is 0 Å². The Bertz CT molecular complexity index is 292. The predicted molar refractivity (Wildman–Crippen MR) is 65.1 cm³/mol. The second-order valence-corrected chi connectivity index (χ2v) is 4.12. The second kappa shape index (κ2) is 6.60. The minimum atomic E-state index is 0.481. The SMILES string of the molecule is CCN(CC)CC(C)NCc1cnnn1C. The number of nitrogens with one attached hydrogen (secondary N) is 1. The van der Waals surface area contributed by atoms with E-state index in [-0.39, 0.29) is 0 Å². The van der Waals surface area contributed by atoms with E-state index < -0.39 is 0 Å². The van der Waals surface area contributed by atoms with Gasteiger partial charge in [-0.3, -0.25) is 4.68 Å². The molecule has 0 aliphatic carbocycles. The van der Waals surface area contributed by atoms with Gasteiger partial charge in [0.15, 0.2) is 0 Å². The van der Waals surface area contributed by atoms with Crippen molar-refractivity contribution in [2.24, 2.45) is 7.05 Å². The number of rotatable bonds is 7. The standard InChI is InChI=1S/C11H23N5/c1-5-16(6-2)9-10(3)12-7-11-8-13-14-15(11)4/h8,10,12H,5-7,9H2,1-4H3. The summed E-state index contributed by atoms with van der Waals surface area (Å²) in [5, 5.41) is 11.2. The van der Waals surface area contributed by atoms with E-state index in [0.717, 1.165) is 31.9 Å². The van der Waals surface area contributed by atoms with Crippen LogP contribution in [0.25, 0.3) is 0 Å². The van der Waals surface area contributed by atoms with Crippen molar-refractivity contribution in [1.82, 2.24) is 25.2 Å². The Labute approximate surface area is 97.8 Å². The van der Waals surface area contributed by atoms with Gasteiger partial charge >= 0.3 is 0 Å². The van der Waals surface area contributed by atoms with Crippen molar-refractivity contribution in [1.29, 1.82) is 0 Å². The normalized spacial score (nSPS) is 13.3. The molecule has 0 aliphatic heterocycles. The molecule has 0 aromatic carbocycles. The van der Waals surface area contributed by atoms with Gasteiger partial charge in [-0.1, -0.05) is 19.1 Å². The van der Waals surface area contributed by atoms with Gasteiger partial charge < -0.3 is 10.2 Å². The Hall–Kier alpha value is -0.940. The fourth-order valence-corrected chi connectivity index (χ4v) is 1.68. The highest BCUT2D eigenvalue weighted by molar-refractivity contribution is 4.92. The Kier molecular flexibility index (Phi) is 5.42. The zero-order chi connectivity index (χ0) is 12.0. The monoisotopic (exact) mass is 225 g/mol. The van der Waals surface area contributed by atoms with Crippen molar-refractivity contribution in [3.63, 3.8) is 0 Å². The average molecular weight is 225 g/mol. The molecule has 5 heteroatoms. The van der Waals surface area contributed by atoms with Crippen molar-refractivity contribution in [2.75, 3.05) is 19.6 Å². The van der Waals surface area contributed by atoms with E-state index in [4.69, 9.17) is 0 Å². The maximum absolute atomic E-state index is 3.90. The van der Waals surface area contributed by atoms with Gasteiger partial charge in [-0.05, 0) is 20.0 Å². The van der Waals surface area contributed by atoms with Crippen LogP contribution < -0.4 is 5.32 Å². The first-order valence-corrected chi connectivity index (χ1v) is 5.96. The summed E-state index contributed by atoms with van der Waals surface area (Å²) in [6, 6.07) is 0.481. The van der Waals surface area contributed by atoms with E-state index in [9.17, 15) is 0 Å². The highest BCUT2D eigenvalue weighted by Crippen LogP contribution is 1.96. The fraction of sp³-hybridized carbons (Fsp3) is 0.818. The van der Waals surface area contributed by atoms with E-state index in [1.807, 2.05) is 7.05 Å². The molecule has 0 spiro atoms. The lowest BCUT2D eigenvalue weighted by Crippen LogP contribution is -2.39. The number of aryl methyl sites for hydroxylation is 1. The minimum Gasteiger partial charge on any atom is -0.307 e. The van der Waals surface area contributed by atoms with Gasteiger partial charge in [0.1, 0.15) is 0 Å². The lowest BCUT2D eigenvalue weighted by Gasteiger charge is -2.23. The lowest BCUT2D eigenvalue weighted by atomic mass is 10.3. The molecule has 0 radical (unpaired) electrons. The molecule has 1 aromatic heterocycles. The Morgan fingerprint density at radius 1 is 1.44 bits per heavy atom. The molecule has 0 saturated carbocycles. The summed E-state index contributed by atoms with van der Waals surface area (Å²) < 4.78 is 1.80. The zero-order valence-electron chi connectivity index (χ0n) is 10.8. The number of nitrogens with zero attached hydrogens (tertiary/aromatic N) is 4.